The summed E-state index contributed by atoms with van der Waals surface area (Å²) in [6.07, 6.45) is 0.939. The van der Waals surface area contributed by atoms with Crippen molar-refractivity contribution in [2.24, 2.45) is 4.99 Å². The van der Waals surface area contributed by atoms with Gasteiger partial charge >= 0.3 is 0 Å². The van der Waals surface area contributed by atoms with E-state index in [0.29, 0.717) is 13.2 Å². The Balaban J connectivity index is 0.00000484. The van der Waals surface area contributed by atoms with Gasteiger partial charge in [0.2, 0.25) is 0 Å². The summed E-state index contributed by atoms with van der Waals surface area (Å²) in [5.74, 6) is 0.889. The number of aliphatic imine (C=N–C) groups is 1. The van der Waals surface area contributed by atoms with Gasteiger partial charge in [0.05, 0.1) is 13.2 Å². The van der Waals surface area contributed by atoms with Crippen LogP contribution in [-0.4, -0.2) is 58.4 Å². The van der Waals surface area contributed by atoms with E-state index in [1.807, 2.05) is 7.05 Å². The molecule has 1 aromatic carbocycles. The van der Waals surface area contributed by atoms with E-state index in [0.717, 1.165) is 36.5 Å². The molecule has 5 nitrogen and oxygen atoms in total. The molecule has 0 heterocycles. The van der Waals surface area contributed by atoms with Crippen LogP contribution in [0.2, 0.25) is 0 Å². The largest absolute Gasteiger partial charge is 0.382 e. The van der Waals surface area contributed by atoms with E-state index < -0.39 is 0 Å². The standard InChI is InChI=1S/C16H26BrN3O2.HI/c1-18-16(19-9-4-10-22-12-11-21-3)20(2)13-14-5-7-15(17)8-6-14;/h5-8H,4,9-13H2,1-3H3,(H,18,19);1H. The van der Waals surface area contributed by atoms with Crippen molar-refractivity contribution in [3.8, 4) is 0 Å². The number of nitrogens with one attached hydrogen (secondary N) is 1. The Bertz CT molecular complexity index is 443. The predicted octanol–water partition coefficient (Wildman–Crippen LogP) is 3.13. The third kappa shape index (κ3) is 10.2. The molecule has 1 N–H and O–H groups in total. The van der Waals surface area contributed by atoms with E-state index in [1.165, 1.54) is 5.56 Å². The maximum atomic E-state index is 5.43. The molecule has 7 heteroatoms. The van der Waals surface area contributed by atoms with Crippen molar-refractivity contribution in [3.63, 3.8) is 0 Å². The molecule has 0 aromatic heterocycles. The minimum atomic E-state index is 0. The molecule has 132 valence electrons. The van der Waals surface area contributed by atoms with Crippen LogP contribution in [0.25, 0.3) is 0 Å². The fraction of sp³-hybridized carbons (Fsp3) is 0.562. The van der Waals surface area contributed by atoms with Gasteiger partial charge in [-0.2, -0.15) is 0 Å². The highest BCUT2D eigenvalue weighted by atomic mass is 127. The first-order chi connectivity index (χ1) is 10.7. The SMILES string of the molecule is CN=C(NCCCOCCOC)N(C)Cc1ccc(Br)cc1.I. The molecule has 0 saturated carbocycles. The minimum absolute atomic E-state index is 0. The van der Waals surface area contributed by atoms with Crippen molar-refractivity contribution in [2.75, 3.05) is 47.6 Å². The maximum absolute atomic E-state index is 5.43. The Labute approximate surface area is 165 Å². The molecular weight excluding hydrogens is 473 g/mol. The van der Waals surface area contributed by atoms with Gasteiger partial charge in [0, 0.05) is 45.4 Å². The van der Waals surface area contributed by atoms with Crippen molar-refractivity contribution in [3.05, 3.63) is 34.3 Å². The van der Waals surface area contributed by atoms with E-state index in [9.17, 15) is 0 Å². The fourth-order valence-electron chi connectivity index (χ4n) is 1.94. The van der Waals surface area contributed by atoms with Crippen LogP contribution in [0, 0.1) is 0 Å². The quantitative estimate of drug-likeness (QED) is 0.245. The number of ether oxygens (including phenoxy) is 2. The number of benzene rings is 1. The number of nitrogens with zero attached hydrogens (tertiary/aromatic N) is 2. The molecule has 23 heavy (non-hydrogen) atoms. The first-order valence-electron chi connectivity index (χ1n) is 7.40. The van der Waals surface area contributed by atoms with Crippen LogP contribution in [0.5, 0.6) is 0 Å². The van der Waals surface area contributed by atoms with Crippen molar-refractivity contribution < 1.29 is 9.47 Å². The van der Waals surface area contributed by atoms with E-state index in [2.05, 4.69) is 55.4 Å². The topological polar surface area (TPSA) is 46.1 Å². The van der Waals surface area contributed by atoms with E-state index in [4.69, 9.17) is 9.47 Å². The number of methoxy groups -OCH3 is 1. The molecule has 0 unspecified atom stereocenters. The van der Waals surface area contributed by atoms with E-state index in [1.54, 1.807) is 14.2 Å². The van der Waals surface area contributed by atoms with Gasteiger partial charge in [0.25, 0.3) is 0 Å². The molecule has 1 aromatic rings. The van der Waals surface area contributed by atoms with Gasteiger partial charge in [-0.15, -0.1) is 24.0 Å². The van der Waals surface area contributed by atoms with Crippen LogP contribution in [0.3, 0.4) is 0 Å². The Hall–Kier alpha value is -0.380. The lowest BCUT2D eigenvalue weighted by Crippen LogP contribution is -2.39. The molecule has 0 spiro atoms. The summed E-state index contributed by atoms with van der Waals surface area (Å²) in [5.41, 5.74) is 1.25. The van der Waals surface area contributed by atoms with Crippen LogP contribution < -0.4 is 5.32 Å². The first kappa shape index (κ1) is 22.6. The lowest BCUT2D eigenvalue weighted by atomic mass is 10.2. The van der Waals surface area contributed by atoms with Crippen LogP contribution in [-0.2, 0) is 16.0 Å². The summed E-state index contributed by atoms with van der Waals surface area (Å²) in [5, 5.41) is 3.35. The van der Waals surface area contributed by atoms with Crippen LogP contribution in [0.15, 0.2) is 33.7 Å². The van der Waals surface area contributed by atoms with Crippen molar-refractivity contribution in [1.82, 2.24) is 10.2 Å². The number of guanidine groups is 1. The summed E-state index contributed by atoms with van der Waals surface area (Å²) < 4.78 is 11.5. The van der Waals surface area contributed by atoms with Gasteiger partial charge < -0.3 is 19.7 Å². The molecule has 0 amide bonds. The van der Waals surface area contributed by atoms with E-state index >= 15 is 0 Å². The molecule has 0 radical (unpaired) electrons. The zero-order valence-corrected chi connectivity index (χ0v) is 18.0. The smallest absolute Gasteiger partial charge is 0.193 e. The third-order valence-corrected chi connectivity index (χ3v) is 3.62. The van der Waals surface area contributed by atoms with E-state index in [-0.39, 0.29) is 24.0 Å². The highest BCUT2D eigenvalue weighted by molar-refractivity contribution is 14.0. The Morgan fingerprint density at radius 1 is 1.22 bits per heavy atom. The molecule has 0 aliphatic heterocycles. The summed E-state index contributed by atoms with van der Waals surface area (Å²) >= 11 is 3.45. The molecular formula is C16H27BrIN3O2. The van der Waals surface area contributed by atoms with Crippen LogP contribution in [0.1, 0.15) is 12.0 Å². The zero-order chi connectivity index (χ0) is 16.2. The average molecular weight is 500 g/mol. The fourth-order valence-corrected chi connectivity index (χ4v) is 2.21. The molecule has 1 rings (SSSR count). The lowest BCUT2D eigenvalue weighted by Gasteiger charge is -2.22. The number of hydrogen-bond acceptors (Lipinski definition) is 3. The molecule has 0 aliphatic rings. The number of rotatable bonds is 9. The highest BCUT2D eigenvalue weighted by Gasteiger charge is 2.06. The monoisotopic (exact) mass is 499 g/mol. The second kappa shape index (κ2) is 14.0. The molecule has 0 fully saturated rings. The second-order valence-corrected chi connectivity index (χ2v) is 5.83. The summed E-state index contributed by atoms with van der Waals surface area (Å²) in [6, 6.07) is 8.32. The van der Waals surface area contributed by atoms with Gasteiger partial charge in [0.1, 0.15) is 0 Å². The average Bonchev–Trinajstić information content (AvgIpc) is 2.52. The Kier molecular flexibility index (Phi) is 13.8. The summed E-state index contributed by atoms with van der Waals surface area (Å²) in [4.78, 5) is 6.42. The van der Waals surface area contributed by atoms with Gasteiger partial charge in [0.15, 0.2) is 5.96 Å². The Morgan fingerprint density at radius 3 is 2.52 bits per heavy atom. The highest BCUT2D eigenvalue weighted by Crippen LogP contribution is 2.11. The second-order valence-electron chi connectivity index (χ2n) is 4.92. The van der Waals surface area contributed by atoms with Gasteiger partial charge in [-0.1, -0.05) is 28.1 Å². The maximum Gasteiger partial charge on any atom is 0.193 e. The number of halogens is 2. The first-order valence-corrected chi connectivity index (χ1v) is 8.19. The van der Waals surface area contributed by atoms with Crippen molar-refractivity contribution in [1.29, 1.82) is 0 Å². The molecule has 0 bridgehead atoms. The lowest BCUT2D eigenvalue weighted by molar-refractivity contribution is 0.0698. The zero-order valence-electron chi connectivity index (χ0n) is 14.0. The van der Waals surface area contributed by atoms with Crippen LogP contribution >= 0.6 is 39.9 Å². The molecule has 0 atom stereocenters. The molecule has 0 saturated heterocycles. The summed E-state index contributed by atoms with van der Waals surface area (Å²) in [6.45, 7) is 3.67. The van der Waals surface area contributed by atoms with Gasteiger partial charge in [-0.05, 0) is 24.1 Å². The summed E-state index contributed by atoms with van der Waals surface area (Å²) in [7, 11) is 5.51. The van der Waals surface area contributed by atoms with Gasteiger partial charge in [-0.25, -0.2) is 0 Å². The van der Waals surface area contributed by atoms with Crippen LogP contribution in [0.4, 0.5) is 0 Å². The van der Waals surface area contributed by atoms with Gasteiger partial charge in [-0.3, -0.25) is 4.99 Å². The molecule has 0 aliphatic carbocycles. The Morgan fingerprint density at radius 2 is 1.91 bits per heavy atom. The third-order valence-electron chi connectivity index (χ3n) is 3.09. The predicted molar refractivity (Wildman–Crippen MR) is 110 cm³/mol. The minimum Gasteiger partial charge on any atom is -0.382 e. The number of hydrogen-bond donors (Lipinski definition) is 1. The normalized spacial score (nSPS) is 11.0. The van der Waals surface area contributed by atoms with Crippen molar-refractivity contribution in [2.45, 2.75) is 13.0 Å². The van der Waals surface area contributed by atoms with Crippen molar-refractivity contribution >= 4 is 45.9 Å².